The highest BCUT2D eigenvalue weighted by molar-refractivity contribution is 7.55. The largest absolute Gasteiger partial charge is 0.377 e. The van der Waals surface area contributed by atoms with Crippen LogP contribution < -0.4 is 0 Å². The zero-order valence-electron chi connectivity index (χ0n) is 15.7. The maximum Gasteiger partial charge on any atom is 0.362 e. The second-order valence-corrected chi connectivity index (χ2v) is 10.3. The Morgan fingerprint density at radius 2 is 1.65 bits per heavy atom. The minimum absolute atomic E-state index is 0.103. The smallest absolute Gasteiger partial charge is 0.362 e. The van der Waals surface area contributed by atoms with Gasteiger partial charge in [-0.15, -0.1) is 0 Å². The molecule has 0 radical (unpaired) electrons. The van der Waals surface area contributed by atoms with Crippen LogP contribution in [0.1, 0.15) is 56.4 Å². The molecule has 5 heteroatoms. The van der Waals surface area contributed by atoms with E-state index < -0.39 is 12.9 Å². The van der Waals surface area contributed by atoms with Gasteiger partial charge in [-0.25, -0.2) is 0 Å². The molecular formula is C21H29O4P. The molecule has 1 fully saturated rings. The molecule has 3 aliphatic rings. The van der Waals surface area contributed by atoms with Crippen LogP contribution in [-0.2, 0) is 13.6 Å². The number of hydrogen-bond acceptors (Lipinski definition) is 4. The van der Waals surface area contributed by atoms with E-state index in [1.54, 1.807) is 0 Å². The van der Waals surface area contributed by atoms with Gasteiger partial charge < -0.3 is 14.2 Å². The van der Waals surface area contributed by atoms with E-state index in [1.807, 2.05) is 6.07 Å². The quantitative estimate of drug-likeness (QED) is 0.576. The summed E-state index contributed by atoms with van der Waals surface area (Å²) >= 11 is 0. The zero-order valence-corrected chi connectivity index (χ0v) is 16.6. The van der Waals surface area contributed by atoms with Crippen LogP contribution in [-0.4, -0.2) is 24.7 Å². The van der Waals surface area contributed by atoms with Crippen molar-refractivity contribution >= 4 is 7.60 Å². The second kappa shape index (κ2) is 6.91. The van der Waals surface area contributed by atoms with Crippen molar-refractivity contribution in [2.45, 2.75) is 56.2 Å². The highest BCUT2D eigenvalue weighted by Gasteiger charge is 2.65. The number of benzene rings is 1. The first-order valence-corrected chi connectivity index (χ1v) is 11.3. The molecule has 0 spiro atoms. The third-order valence-corrected chi connectivity index (χ3v) is 9.38. The Labute approximate surface area is 156 Å². The lowest BCUT2D eigenvalue weighted by Crippen LogP contribution is -2.54. The van der Waals surface area contributed by atoms with Crippen molar-refractivity contribution in [2.24, 2.45) is 11.8 Å². The summed E-state index contributed by atoms with van der Waals surface area (Å²) in [6, 6.07) is 10.4. The minimum Gasteiger partial charge on any atom is -0.377 e. The molecule has 0 amide bonds. The van der Waals surface area contributed by atoms with Gasteiger partial charge >= 0.3 is 7.60 Å². The van der Waals surface area contributed by atoms with Crippen LogP contribution in [0.5, 0.6) is 0 Å². The molecule has 1 aromatic carbocycles. The van der Waals surface area contributed by atoms with Crippen LogP contribution in [0.15, 0.2) is 41.5 Å². The summed E-state index contributed by atoms with van der Waals surface area (Å²) in [4.78, 5) is 0. The van der Waals surface area contributed by atoms with Crippen molar-refractivity contribution in [1.29, 1.82) is 0 Å². The van der Waals surface area contributed by atoms with E-state index in [-0.39, 0.29) is 17.8 Å². The summed E-state index contributed by atoms with van der Waals surface area (Å²) in [5.41, 5.74) is 4.03. The first kappa shape index (κ1) is 18.4. The molecule has 0 saturated heterocycles. The predicted molar refractivity (Wildman–Crippen MR) is 102 cm³/mol. The van der Waals surface area contributed by atoms with Gasteiger partial charge in [0, 0.05) is 32.0 Å². The average Bonchev–Trinajstić information content (AvgIpc) is 2.68. The van der Waals surface area contributed by atoms with Gasteiger partial charge in [-0.3, -0.25) is 4.57 Å². The molecule has 0 aromatic heterocycles. The van der Waals surface area contributed by atoms with Gasteiger partial charge in [0.05, 0.1) is 0 Å². The van der Waals surface area contributed by atoms with Gasteiger partial charge in [0.2, 0.25) is 0 Å². The molecule has 4 nitrogen and oxygen atoms in total. The monoisotopic (exact) mass is 376 g/mol. The summed E-state index contributed by atoms with van der Waals surface area (Å²) < 4.78 is 24.4. The molecule has 26 heavy (non-hydrogen) atoms. The van der Waals surface area contributed by atoms with Crippen molar-refractivity contribution in [3.63, 3.8) is 0 Å². The lowest BCUT2D eigenvalue weighted by molar-refractivity contribution is -0.0529. The Morgan fingerprint density at radius 1 is 1.00 bits per heavy atom. The van der Waals surface area contributed by atoms with E-state index in [2.05, 4.69) is 24.3 Å². The lowest BCUT2D eigenvalue weighted by Gasteiger charge is -2.56. The van der Waals surface area contributed by atoms with E-state index in [0.29, 0.717) is 0 Å². The average molecular weight is 376 g/mol. The molecule has 1 aromatic rings. The fourth-order valence-electron chi connectivity index (χ4n) is 5.87. The van der Waals surface area contributed by atoms with E-state index in [4.69, 9.17) is 9.05 Å². The van der Waals surface area contributed by atoms with Gasteiger partial charge in [-0.1, -0.05) is 47.9 Å². The van der Waals surface area contributed by atoms with Gasteiger partial charge in [0.1, 0.15) is 0 Å². The van der Waals surface area contributed by atoms with Crippen molar-refractivity contribution in [3.8, 4) is 0 Å². The first-order chi connectivity index (χ1) is 12.6. The number of fused-ring (bicyclic) bond motifs is 3. The van der Waals surface area contributed by atoms with Crippen molar-refractivity contribution in [1.82, 2.24) is 0 Å². The number of rotatable bonds is 4. The summed E-state index contributed by atoms with van der Waals surface area (Å²) in [5.74, 6) is -0.139. The van der Waals surface area contributed by atoms with Gasteiger partial charge in [0.15, 0.2) is 5.34 Å². The van der Waals surface area contributed by atoms with Crippen LogP contribution in [0, 0.1) is 11.8 Å². The van der Waals surface area contributed by atoms with E-state index in [1.165, 1.54) is 37.4 Å². The summed E-state index contributed by atoms with van der Waals surface area (Å²) in [5, 5.41) is 10.6. The van der Waals surface area contributed by atoms with Gasteiger partial charge in [-0.2, -0.15) is 0 Å². The SMILES string of the molecule is COP(=O)(OC)[C@@]1(O)[C@@H]2CCC[C@@H]1[C@H](c1ccccc1)C1=C2CCCC1. The topological polar surface area (TPSA) is 55.8 Å². The molecule has 3 aliphatic carbocycles. The van der Waals surface area contributed by atoms with E-state index >= 15 is 0 Å². The van der Waals surface area contributed by atoms with Crippen LogP contribution in [0.2, 0.25) is 0 Å². The van der Waals surface area contributed by atoms with E-state index in [9.17, 15) is 9.67 Å². The highest BCUT2D eigenvalue weighted by Crippen LogP contribution is 2.73. The molecule has 0 unspecified atom stereocenters. The fourth-order valence-corrected chi connectivity index (χ4v) is 7.96. The van der Waals surface area contributed by atoms with Crippen LogP contribution >= 0.6 is 7.60 Å². The summed E-state index contributed by atoms with van der Waals surface area (Å²) in [6.45, 7) is 0. The predicted octanol–water partition coefficient (Wildman–Crippen LogP) is 5.25. The summed E-state index contributed by atoms with van der Waals surface area (Å²) in [7, 11) is -0.840. The lowest BCUT2D eigenvalue weighted by atomic mass is 9.57. The molecular weight excluding hydrogens is 347 g/mol. The Hall–Kier alpha value is -0.930. The van der Waals surface area contributed by atoms with Crippen molar-refractivity contribution in [2.75, 3.05) is 14.2 Å². The van der Waals surface area contributed by atoms with Crippen LogP contribution in [0.25, 0.3) is 0 Å². The van der Waals surface area contributed by atoms with Gasteiger partial charge in [-0.05, 0) is 44.1 Å². The molecule has 2 bridgehead atoms. The maximum atomic E-state index is 13.6. The first-order valence-electron chi connectivity index (χ1n) is 9.77. The molecule has 1 N–H and O–H groups in total. The third kappa shape index (κ3) is 2.50. The van der Waals surface area contributed by atoms with Gasteiger partial charge in [0.25, 0.3) is 0 Å². The zero-order chi connectivity index (χ0) is 18.4. The Bertz CT molecular complexity index is 736. The molecule has 0 heterocycles. The number of aliphatic hydroxyl groups is 1. The highest BCUT2D eigenvalue weighted by atomic mass is 31.2. The maximum absolute atomic E-state index is 13.6. The standard InChI is InChI=1S/C21H29O4P/c1-24-26(23,25-2)21(22)18-13-8-14-19(21)20(15-9-4-3-5-10-15)17-12-7-6-11-16(17)18/h3-5,9-10,18-20,22H,6-8,11-14H2,1-2H3/t18-,19-,20-,21+/m1/s1. The van der Waals surface area contributed by atoms with Crippen LogP contribution in [0.4, 0.5) is 0 Å². The van der Waals surface area contributed by atoms with Crippen molar-refractivity contribution in [3.05, 3.63) is 47.0 Å². The molecule has 0 aliphatic heterocycles. The number of hydrogen-bond donors (Lipinski definition) is 1. The second-order valence-electron chi connectivity index (χ2n) is 7.88. The fraction of sp³-hybridized carbons (Fsp3) is 0.619. The third-order valence-electron chi connectivity index (χ3n) is 6.90. The number of allylic oxidation sites excluding steroid dienone is 1. The van der Waals surface area contributed by atoms with Crippen LogP contribution in [0.3, 0.4) is 0 Å². The molecule has 142 valence electrons. The minimum atomic E-state index is -3.65. The molecule has 4 rings (SSSR count). The van der Waals surface area contributed by atoms with Crippen molar-refractivity contribution < 1.29 is 18.7 Å². The Balaban J connectivity index is 1.94. The summed E-state index contributed by atoms with van der Waals surface area (Å²) in [6.07, 6.45) is 7.18. The normalized spacial score (nSPS) is 34.5. The molecule has 4 atom stereocenters. The Kier molecular flexibility index (Phi) is 4.90. The van der Waals surface area contributed by atoms with E-state index in [0.717, 1.165) is 38.5 Å². The Morgan fingerprint density at radius 3 is 2.31 bits per heavy atom. The molecule has 1 saturated carbocycles.